The topological polar surface area (TPSA) is 46.5 Å². The zero-order chi connectivity index (χ0) is 15.1. The van der Waals surface area contributed by atoms with Crippen molar-refractivity contribution >= 4 is 17.9 Å². The van der Waals surface area contributed by atoms with Crippen LogP contribution in [-0.2, 0) is 4.79 Å². The van der Waals surface area contributed by atoms with Crippen molar-refractivity contribution < 1.29 is 14.6 Å². The van der Waals surface area contributed by atoms with Crippen LogP contribution in [0.4, 0.5) is 0 Å². The highest BCUT2D eigenvalue weighted by atomic mass is 16.5. The monoisotopic (exact) mass is 280 g/mol. The van der Waals surface area contributed by atoms with E-state index in [4.69, 9.17) is 4.74 Å². The minimum atomic E-state index is -0.163. The van der Waals surface area contributed by atoms with Crippen molar-refractivity contribution in [2.75, 3.05) is 7.11 Å². The Morgan fingerprint density at radius 3 is 2.19 bits per heavy atom. The number of benzene rings is 2. The van der Waals surface area contributed by atoms with Gasteiger partial charge in [-0.3, -0.25) is 4.79 Å². The van der Waals surface area contributed by atoms with Gasteiger partial charge in [-0.1, -0.05) is 36.4 Å². The Bertz CT molecular complexity index is 684. The maximum Gasteiger partial charge on any atom is 0.178 e. The van der Waals surface area contributed by atoms with Gasteiger partial charge in [-0.2, -0.15) is 0 Å². The second kappa shape index (κ2) is 7.10. The Morgan fingerprint density at radius 2 is 1.52 bits per heavy atom. The number of carbonyl (C=O) groups excluding carboxylic acids is 1. The molecule has 0 fully saturated rings. The number of phenols is 1. The molecule has 0 heterocycles. The zero-order valence-corrected chi connectivity index (χ0v) is 11.7. The van der Waals surface area contributed by atoms with E-state index in [9.17, 15) is 9.90 Å². The molecular weight excluding hydrogens is 264 g/mol. The van der Waals surface area contributed by atoms with Crippen LogP contribution in [-0.4, -0.2) is 18.0 Å². The number of phenolic OH excluding ortho intramolecular Hbond substituents is 1. The molecule has 0 aliphatic rings. The normalized spacial score (nSPS) is 11.1. The van der Waals surface area contributed by atoms with Gasteiger partial charge in [-0.05, 0) is 36.4 Å². The Hall–Kier alpha value is -2.81. The molecule has 0 saturated carbocycles. The van der Waals surface area contributed by atoms with E-state index in [0.29, 0.717) is 11.3 Å². The Morgan fingerprint density at radius 1 is 0.952 bits per heavy atom. The fourth-order valence-corrected chi connectivity index (χ4v) is 1.83. The zero-order valence-electron chi connectivity index (χ0n) is 11.7. The first-order valence-electron chi connectivity index (χ1n) is 6.52. The summed E-state index contributed by atoms with van der Waals surface area (Å²) in [5, 5.41) is 9.60. The molecule has 0 amide bonds. The molecule has 0 aliphatic carbocycles. The van der Waals surface area contributed by atoms with Gasteiger partial charge in [0.25, 0.3) is 0 Å². The third-order valence-corrected chi connectivity index (χ3v) is 2.93. The van der Waals surface area contributed by atoms with Gasteiger partial charge < -0.3 is 9.84 Å². The molecule has 0 radical (unpaired) electrons. The molecule has 0 spiro atoms. The van der Waals surface area contributed by atoms with Crippen LogP contribution in [0.25, 0.3) is 12.2 Å². The summed E-state index contributed by atoms with van der Waals surface area (Å²) in [6, 6.07) is 14.3. The van der Waals surface area contributed by atoms with Gasteiger partial charge >= 0.3 is 0 Å². The van der Waals surface area contributed by atoms with Crippen molar-refractivity contribution in [2.45, 2.75) is 0 Å². The standard InChI is InChI=1S/C18H16O3/c1-21-18-9-5-3-7-15(18)11-13-16(19)12-10-14-6-2-4-8-17(14)20/h2-13,20H,1H3/b12-10+,13-11+. The number of aromatic hydroxyl groups is 1. The van der Waals surface area contributed by atoms with Crippen molar-refractivity contribution in [3.8, 4) is 11.5 Å². The molecular formula is C18H16O3. The van der Waals surface area contributed by atoms with Gasteiger partial charge in [0, 0.05) is 11.1 Å². The molecule has 0 atom stereocenters. The van der Waals surface area contributed by atoms with Crippen LogP contribution in [0.1, 0.15) is 11.1 Å². The predicted molar refractivity (Wildman–Crippen MR) is 84.2 cm³/mol. The van der Waals surface area contributed by atoms with Crippen LogP contribution in [0, 0.1) is 0 Å². The molecule has 3 heteroatoms. The Kier molecular flexibility index (Phi) is 4.94. The molecule has 2 aromatic carbocycles. The van der Waals surface area contributed by atoms with Crippen molar-refractivity contribution in [2.24, 2.45) is 0 Å². The molecule has 2 rings (SSSR count). The van der Waals surface area contributed by atoms with E-state index in [-0.39, 0.29) is 11.5 Å². The summed E-state index contributed by atoms with van der Waals surface area (Å²) in [4.78, 5) is 11.8. The second-order valence-electron chi connectivity index (χ2n) is 4.37. The lowest BCUT2D eigenvalue weighted by atomic mass is 10.1. The minimum absolute atomic E-state index is 0.148. The number of ketones is 1. The number of hydrogen-bond acceptors (Lipinski definition) is 3. The molecule has 0 bridgehead atoms. The summed E-state index contributed by atoms with van der Waals surface area (Å²) in [5.41, 5.74) is 1.45. The van der Waals surface area contributed by atoms with Gasteiger partial charge in [0.1, 0.15) is 11.5 Å². The molecule has 2 aromatic rings. The van der Waals surface area contributed by atoms with E-state index >= 15 is 0 Å². The molecule has 0 unspecified atom stereocenters. The first kappa shape index (κ1) is 14.6. The van der Waals surface area contributed by atoms with E-state index in [1.165, 1.54) is 12.2 Å². The summed E-state index contributed by atoms with van der Waals surface area (Å²) in [6.07, 6.45) is 6.18. The lowest BCUT2D eigenvalue weighted by Crippen LogP contribution is -1.88. The number of allylic oxidation sites excluding steroid dienone is 2. The van der Waals surface area contributed by atoms with Gasteiger partial charge in [0.2, 0.25) is 0 Å². The van der Waals surface area contributed by atoms with E-state index in [1.807, 2.05) is 24.3 Å². The lowest BCUT2D eigenvalue weighted by molar-refractivity contribution is -0.110. The van der Waals surface area contributed by atoms with Crippen LogP contribution < -0.4 is 4.74 Å². The summed E-state index contributed by atoms with van der Waals surface area (Å²) < 4.78 is 5.21. The average Bonchev–Trinajstić information content (AvgIpc) is 2.52. The molecule has 21 heavy (non-hydrogen) atoms. The van der Waals surface area contributed by atoms with Gasteiger partial charge in [0.15, 0.2) is 5.78 Å². The highest BCUT2D eigenvalue weighted by molar-refractivity contribution is 6.04. The quantitative estimate of drug-likeness (QED) is 0.849. The number of rotatable bonds is 5. The Labute approximate surface area is 123 Å². The maximum atomic E-state index is 11.8. The fraction of sp³-hybridized carbons (Fsp3) is 0.0556. The maximum absolute atomic E-state index is 11.8. The van der Waals surface area contributed by atoms with Crippen molar-refractivity contribution in [1.29, 1.82) is 0 Å². The smallest absolute Gasteiger partial charge is 0.178 e. The predicted octanol–water partition coefficient (Wildman–Crippen LogP) is 3.70. The summed E-state index contributed by atoms with van der Waals surface area (Å²) >= 11 is 0. The average molecular weight is 280 g/mol. The third-order valence-electron chi connectivity index (χ3n) is 2.93. The van der Waals surface area contributed by atoms with Gasteiger partial charge in [0.05, 0.1) is 7.11 Å². The minimum Gasteiger partial charge on any atom is -0.507 e. The van der Waals surface area contributed by atoms with Crippen LogP contribution in [0.3, 0.4) is 0 Å². The fourth-order valence-electron chi connectivity index (χ4n) is 1.83. The highest BCUT2D eigenvalue weighted by Gasteiger charge is 1.98. The number of ether oxygens (including phenoxy) is 1. The van der Waals surface area contributed by atoms with Crippen molar-refractivity contribution in [3.63, 3.8) is 0 Å². The molecule has 3 nitrogen and oxygen atoms in total. The first-order chi connectivity index (χ1) is 10.2. The highest BCUT2D eigenvalue weighted by Crippen LogP contribution is 2.19. The summed E-state index contributed by atoms with van der Waals surface area (Å²) in [5.74, 6) is 0.700. The number of para-hydroxylation sites is 2. The SMILES string of the molecule is COc1ccccc1/C=C/C(=O)/C=C/c1ccccc1O. The van der Waals surface area contributed by atoms with E-state index in [0.717, 1.165) is 5.56 Å². The van der Waals surface area contributed by atoms with Crippen LogP contribution >= 0.6 is 0 Å². The second-order valence-corrected chi connectivity index (χ2v) is 4.37. The van der Waals surface area contributed by atoms with Crippen molar-refractivity contribution in [3.05, 3.63) is 71.8 Å². The van der Waals surface area contributed by atoms with E-state index in [1.54, 1.807) is 43.5 Å². The lowest BCUT2D eigenvalue weighted by Gasteiger charge is -2.02. The number of hydrogen-bond donors (Lipinski definition) is 1. The van der Waals surface area contributed by atoms with E-state index in [2.05, 4.69) is 0 Å². The van der Waals surface area contributed by atoms with Gasteiger partial charge in [-0.15, -0.1) is 0 Å². The number of methoxy groups -OCH3 is 1. The van der Waals surface area contributed by atoms with Crippen molar-refractivity contribution in [1.82, 2.24) is 0 Å². The summed E-state index contributed by atoms with van der Waals surface area (Å²) in [6.45, 7) is 0. The summed E-state index contributed by atoms with van der Waals surface area (Å²) in [7, 11) is 1.59. The molecule has 0 aromatic heterocycles. The van der Waals surface area contributed by atoms with Crippen LogP contribution in [0.5, 0.6) is 11.5 Å². The molecule has 1 N–H and O–H groups in total. The van der Waals surface area contributed by atoms with Gasteiger partial charge in [-0.25, -0.2) is 0 Å². The van der Waals surface area contributed by atoms with Crippen LogP contribution in [0.15, 0.2) is 60.7 Å². The largest absolute Gasteiger partial charge is 0.507 e. The third kappa shape index (κ3) is 4.08. The van der Waals surface area contributed by atoms with Crippen LogP contribution in [0.2, 0.25) is 0 Å². The number of carbonyl (C=O) groups is 1. The molecule has 0 aliphatic heterocycles. The Balaban J connectivity index is 2.08. The van der Waals surface area contributed by atoms with E-state index < -0.39 is 0 Å². The first-order valence-corrected chi connectivity index (χ1v) is 6.52. The molecule has 0 saturated heterocycles. The molecule has 106 valence electrons.